The van der Waals surface area contributed by atoms with E-state index in [-0.39, 0.29) is 11.3 Å². The highest BCUT2D eigenvalue weighted by Crippen LogP contribution is 2.44. The van der Waals surface area contributed by atoms with Crippen molar-refractivity contribution in [3.05, 3.63) is 41.2 Å². The van der Waals surface area contributed by atoms with Gasteiger partial charge in [-0.05, 0) is 32.3 Å². The summed E-state index contributed by atoms with van der Waals surface area (Å²) in [5.41, 5.74) is 10.6. The van der Waals surface area contributed by atoms with Crippen LogP contribution in [0.25, 0.3) is 26.5 Å². The van der Waals surface area contributed by atoms with Gasteiger partial charge in [-0.1, -0.05) is 19.0 Å². The summed E-state index contributed by atoms with van der Waals surface area (Å²) in [6.07, 6.45) is 3.12. The minimum Gasteiger partial charge on any atom is -0.365 e. The second kappa shape index (κ2) is 8.28. The van der Waals surface area contributed by atoms with Gasteiger partial charge < -0.3 is 15.6 Å². The summed E-state index contributed by atoms with van der Waals surface area (Å²) in [7, 11) is 0. The first-order chi connectivity index (χ1) is 16.5. The summed E-state index contributed by atoms with van der Waals surface area (Å²) in [6, 6.07) is 1.88. The summed E-state index contributed by atoms with van der Waals surface area (Å²) < 4.78 is 7.12. The molecule has 0 spiro atoms. The monoisotopic (exact) mass is 493 g/mol. The molecule has 2 amide bonds. The van der Waals surface area contributed by atoms with Crippen molar-refractivity contribution in [1.82, 2.24) is 24.7 Å². The lowest BCUT2D eigenvalue weighted by Gasteiger charge is -2.45. The van der Waals surface area contributed by atoms with Crippen molar-refractivity contribution in [2.45, 2.75) is 34.6 Å². The molecule has 0 unspecified atom stereocenters. The average molecular weight is 494 g/mol. The van der Waals surface area contributed by atoms with Crippen molar-refractivity contribution < 1.29 is 14.1 Å². The number of primary amides is 1. The van der Waals surface area contributed by atoms with Crippen LogP contribution in [0.3, 0.4) is 0 Å². The number of anilines is 1. The number of aryl methyl sites for hydroxylation is 3. The van der Waals surface area contributed by atoms with Crippen LogP contribution >= 0.6 is 11.3 Å². The Morgan fingerprint density at radius 1 is 1.20 bits per heavy atom. The molecule has 11 heteroatoms. The van der Waals surface area contributed by atoms with Crippen molar-refractivity contribution >= 4 is 33.7 Å². The number of nitrogens with zero attached hydrogens (tertiary/aromatic N) is 5. The molecule has 0 radical (unpaired) electrons. The molecule has 1 saturated heterocycles. The third kappa shape index (κ3) is 4.10. The van der Waals surface area contributed by atoms with Crippen LogP contribution < -0.4 is 11.1 Å². The quantitative estimate of drug-likeness (QED) is 0.421. The topological polar surface area (TPSA) is 132 Å². The molecular weight excluding hydrogens is 466 g/mol. The van der Waals surface area contributed by atoms with Crippen LogP contribution in [0.5, 0.6) is 0 Å². The molecule has 4 aromatic heterocycles. The van der Waals surface area contributed by atoms with Crippen molar-refractivity contribution in [2.75, 3.05) is 25.0 Å². The van der Waals surface area contributed by atoms with Gasteiger partial charge in [-0.3, -0.25) is 19.5 Å². The van der Waals surface area contributed by atoms with Crippen LogP contribution in [0.4, 0.5) is 5.69 Å². The lowest BCUT2D eigenvalue weighted by atomic mass is 9.84. The largest absolute Gasteiger partial charge is 0.365 e. The molecule has 0 aliphatic carbocycles. The van der Waals surface area contributed by atoms with E-state index in [1.54, 1.807) is 10.7 Å². The van der Waals surface area contributed by atoms with E-state index in [2.05, 4.69) is 39.3 Å². The molecular formula is C24H27N7O3S. The molecule has 0 saturated carbocycles. The zero-order valence-corrected chi connectivity index (χ0v) is 21.1. The van der Waals surface area contributed by atoms with Crippen LogP contribution in [-0.4, -0.2) is 56.1 Å². The number of carbonyl (C=O) groups is 2. The summed E-state index contributed by atoms with van der Waals surface area (Å²) >= 11 is 1.39. The first-order valence-electron chi connectivity index (χ1n) is 11.3. The van der Waals surface area contributed by atoms with Gasteiger partial charge in [0.05, 0.1) is 52.0 Å². The van der Waals surface area contributed by atoms with Gasteiger partial charge in [0.25, 0.3) is 5.91 Å². The standard InChI is InChI=1S/C24H27N7O3S/c1-12-16(6-15(7-26-12)28-18(32)9-30-10-24(4,5)11-30)20-21(19-13(2)29-34-14(19)3)35-23-17(22(25)33)8-27-31(20)23/h6-8H,9-11H2,1-5H3,(H2,25,33)(H,28,32). The molecule has 35 heavy (non-hydrogen) atoms. The second-order valence-corrected chi connectivity index (χ2v) is 10.8. The van der Waals surface area contributed by atoms with Gasteiger partial charge in [-0.2, -0.15) is 5.10 Å². The fourth-order valence-electron chi connectivity index (χ4n) is 4.74. The average Bonchev–Trinajstić information content (AvgIpc) is 3.41. The Labute approximate surface area is 206 Å². The third-order valence-corrected chi connectivity index (χ3v) is 7.36. The minimum atomic E-state index is -0.553. The molecule has 0 atom stereocenters. The van der Waals surface area contributed by atoms with Crippen LogP contribution in [0, 0.1) is 26.2 Å². The predicted octanol–water partition coefficient (Wildman–Crippen LogP) is 3.42. The fraction of sp³-hybridized carbons (Fsp3) is 0.375. The zero-order valence-electron chi connectivity index (χ0n) is 20.3. The van der Waals surface area contributed by atoms with Gasteiger partial charge >= 0.3 is 0 Å². The van der Waals surface area contributed by atoms with Crippen LogP contribution in [-0.2, 0) is 4.79 Å². The maximum absolute atomic E-state index is 12.7. The first-order valence-corrected chi connectivity index (χ1v) is 12.1. The van der Waals surface area contributed by atoms with Crippen molar-refractivity contribution in [2.24, 2.45) is 11.1 Å². The van der Waals surface area contributed by atoms with Crippen LogP contribution in [0.15, 0.2) is 23.0 Å². The Morgan fingerprint density at radius 2 is 1.94 bits per heavy atom. The number of rotatable bonds is 6. The van der Waals surface area contributed by atoms with Gasteiger partial charge in [0.1, 0.15) is 10.6 Å². The summed E-state index contributed by atoms with van der Waals surface area (Å²) in [5, 5.41) is 11.5. The molecule has 0 aromatic carbocycles. The number of nitrogens with two attached hydrogens (primary N) is 1. The molecule has 10 nitrogen and oxygen atoms in total. The molecule has 1 aliphatic heterocycles. The van der Waals surface area contributed by atoms with Crippen molar-refractivity contribution in [1.29, 1.82) is 0 Å². The normalized spacial score (nSPS) is 15.3. The molecule has 182 valence electrons. The number of likely N-dealkylation sites (tertiary alicyclic amines) is 1. The Kier molecular flexibility index (Phi) is 5.48. The maximum Gasteiger partial charge on any atom is 0.253 e. The number of carbonyl (C=O) groups excluding carboxylic acids is 2. The summed E-state index contributed by atoms with van der Waals surface area (Å²) in [5.74, 6) is 0.0122. The van der Waals surface area contributed by atoms with E-state index in [1.807, 2.05) is 26.8 Å². The number of amides is 2. The first kappa shape index (κ1) is 23.2. The van der Waals surface area contributed by atoms with Crippen LogP contribution in [0.2, 0.25) is 0 Å². The Balaban J connectivity index is 1.57. The number of fused-ring (bicyclic) bond motifs is 1. The highest BCUT2D eigenvalue weighted by atomic mass is 32.1. The third-order valence-electron chi connectivity index (χ3n) is 6.17. The molecule has 5 rings (SSSR count). The van der Waals surface area contributed by atoms with Gasteiger partial charge in [-0.15, -0.1) is 11.3 Å². The molecule has 4 aromatic rings. The predicted molar refractivity (Wildman–Crippen MR) is 133 cm³/mol. The van der Waals surface area contributed by atoms with E-state index < -0.39 is 5.91 Å². The van der Waals surface area contributed by atoms with Gasteiger partial charge in [0, 0.05) is 24.3 Å². The Bertz CT molecular complexity index is 1450. The maximum atomic E-state index is 12.7. The smallest absolute Gasteiger partial charge is 0.253 e. The van der Waals surface area contributed by atoms with E-state index in [1.165, 1.54) is 17.5 Å². The van der Waals surface area contributed by atoms with E-state index in [4.69, 9.17) is 10.3 Å². The summed E-state index contributed by atoms with van der Waals surface area (Å²) in [4.78, 5) is 32.8. The number of thiazole rings is 1. The lowest BCUT2D eigenvalue weighted by Crippen LogP contribution is -2.54. The number of pyridine rings is 1. The van der Waals surface area contributed by atoms with E-state index in [9.17, 15) is 9.59 Å². The van der Waals surface area contributed by atoms with Crippen molar-refractivity contribution in [3.63, 3.8) is 0 Å². The fourth-order valence-corrected chi connectivity index (χ4v) is 6.11. The van der Waals surface area contributed by atoms with Gasteiger partial charge in [0.2, 0.25) is 5.91 Å². The molecule has 1 aliphatic rings. The second-order valence-electron chi connectivity index (χ2n) is 9.83. The van der Waals surface area contributed by atoms with E-state index in [0.29, 0.717) is 28.4 Å². The number of aromatic nitrogens is 4. The molecule has 0 bridgehead atoms. The lowest BCUT2D eigenvalue weighted by molar-refractivity contribution is -0.120. The highest BCUT2D eigenvalue weighted by Gasteiger charge is 2.35. The van der Waals surface area contributed by atoms with E-state index >= 15 is 0 Å². The zero-order chi connectivity index (χ0) is 25.1. The molecule has 3 N–H and O–H groups in total. The Hall–Kier alpha value is -3.57. The van der Waals surface area contributed by atoms with Crippen molar-refractivity contribution in [3.8, 4) is 21.7 Å². The number of nitrogens with one attached hydrogen (secondary N) is 1. The molecule has 5 heterocycles. The van der Waals surface area contributed by atoms with Gasteiger partial charge in [0.15, 0.2) is 0 Å². The minimum absolute atomic E-state index is 0.0892. The Morgan fingerprint density at radius 3 is 2.57 bits per heavy atom. The van der Waals surface area contributed by atoms with E-state index in [0.717, 1.165) is 46.2 Å². The van der Waals surface area contributed by atoms with Gasteiger partial charge in [-0.25, -0.2) is 4.52 Å². The number of hydrogen-bond acceptors (Lipinski definition) is 8. The molecule has 1 fully saturated rings. The highest BCUT2D eigenvalue weighted by molar-refractivity contribution is 7.21. The SMILES string of the molecule is Cc1ncc(NC(=O)CN2CC(C)(C)C2)cc1-c1c(-c2c(C)noc2C)sc2c(C(N)=O)cnn12. The van der Waals surface area contributed by atoms with Crippen LogP contribution in [0.1, 0.15) is 41.4 Å². The number of hydrogen-bond donors (Lipinski definition) is 2. The summed E-state index contributed by atoms with van der Waals surface area (Å²) in [6.45, 7) is 12.1.